The van der Waals surface area contributed by atoms with Crippen LogP contribution in [0.5, 0.6) is 0 Å². The van der Waals surface area contributed by atoms with Crippen molar-refractivity contribution in [3.05, 3.63) is 35.9 Å². The quantitative estimate of drug-likeness (QED) is 0.574. The zero-order valence-corrected chi connectivity index (χ0v) is 10.9. The molecule has 4 atom stereocenters. The van der Waals surface area contributed by atoms with E-state index >= 15 is 0 Å². The number of hydrogen-bond acceptors (Lipinski definition) is 5. The average Bonchev–Trinajstić information content (AvgIpc) is 3.25. The molecule has 2 fully saturated rings. The van der Waals surface area contributed by atoms with Crippen LogP contribution in [0.3, 0.4) is 0 Å². The third-order valence-electron chi connectivity index (χ3n) is 3.28. The van der Waals surface area contributed by atoms with Gasteiger partial charge in [-0.2, -0.15) is 0 Å². The molecule has 5 heteroatoms. The number of fused-ring (bicyclic) bond motifs is 1. The Morgan fingerprint density at radius 1 is 1.16 bits per heavy atom. The molecule has 5 nitrogen and oxygen atoms in total. The Morgan fingerprint density at radius 2 is 2.00 bits per heavy atom. The van der Waals surface area contributed by atoms with Crippen LogP contribution in [0.25, 0.3) is 0 Å². The number of methoxy groups -OCH3 is 1. The summed E-state index contributed by atoms with van der Waals surface area (Å²) in [6.45, 7) is 1.27. The molecule has 1 aromatic rings. The molecule has 2 aliphatic heterocycles. The maximum atomic E-state index is 5.74. The minimum absolute atomic E-state index is 0.0145. The Bertz CT molecular complexity index is 396. The van der Waals surface area contributed by atoms with Gasteiger partial charge in [-0.05, 0) is 5.56 Å². The molecule has 19 heavy (non-hydrogen) atoms. The molecule has 1 aromatic carbocycles. The van der Waals surface area contributed by atoms with Gasteiger partial charge < -0.3 is 23.7 Å². The molecule has 2 saturated heterocycles. The lowest BCUT2D eigenvalue weighted by atomic mass is 10.1. The summed E-state index contributed by atoms with van der Waals surface area (Å²) in [5.41, 5.74) is 1.13. The number of hydrogen-bond donors (Lipinski definition) is 0. The van der Waals surface area contributed by atoms with Gasteiger partial charge in [0.1, 0.15) is 25.1 Å². The highest BCUT2D eigenvalue weighted by molar-refractivity contribution is 5.13. The van der Waals surface area contributed by atoms with Gasteiger partial charge in [-0.3, -0.25) is 0 Å². The molecule has 0 aromatic heterocycles. The lowest BCUT2D eigenvalue weighted by Gasteiger charge is -2.25. The van der Waals surface area contributed by atoms with Crippen molar-refractivity contribution in [2.24, 2.45) is 0 Å². The molecule has 0 radical (unpaired) electrons. The maximum Gasteiger partial charge on any atom is 0.186 e. The van der Waals surface area contributed by atoms with Crippen LogP contribution in [0.1, 0.15) is 5.56 Å². The molecule has 0 N–H and O–H groups in total. The second-order valence-corrected chi connectivity index (χ2v) is 4.68. The van der Waals surface area contributed by atoms with Crippen LogP contribution >= 0.6 is 0 Å². The van der Waals surface area contributed by atoms with Crippen LogP contribution in [0.2, 0.25) is 0 Å². The lowest BCUT2D eigenvalue weighted by molar-refractivity contribution is -0.198. The van der Waals surface area contributed by atoms with E-state index < -0.39 is 0 Å². The predicted molar refractivity (Wildman–Crippen MR) is 66.4 cm³/mol. The zero-order valence-electron chi connectivity index (χ0n) is 10.9. The van der Waals surface area contributed by atoms with Gasteiger partial charge in [0.25, 0.3) is 0 Å². The molecule has 0 aliphatic carbocycles. The molecule has 104 valence electrons. The summed E-state index contributed by atoms with van der Waals surface area (Å²) in [7, 11) is 1.60. The largest absolute Gasteiger partial charge is 0.361 e. The molecule has 3 rings (SSSR count). The van der Waals surface area contributed by atoms with Crippen LogP contribution in [0.4, 0.5) is 0 Å². The minimum atomic E-state index is -0.299. The Morgan fingerprint density at radius 3 is 2.79 bits per heavy atom. The molecule has 0 saturated carbocycles. The van der Waals surface area contributed by atoms with Crippen LogP contribution in [0.15, 0.2) is 30.3 Å². The average molecular weight is 266 g/mol. The summed E-state index contributed by atoms with van der Waals surface area (Å²) in [5, 5.41) is 0. The summed E-state index contributed by atoms with van der Waals surface area (Å²) >= 11 is 0. The number of rotatable bonds is 6. The normalized spacial score (nSPS) is 32.9. The van der Waals surface area contributed by atoms with Crippen molar-refractivity contribution in [3.8, 4) is 0 Å². The van der Waals surface area contributed by atoms with Gasteiger partial charge in [0.05, 0.1) is 13.2 Å². The first kappa shape index (κ1) is 13.0. The van der Waals surface area contributed by atoms with E-state index in [0.717, 1.165) is 5.56 Å². The van der Waals surface area contributed by atoms with E-state index in [4.69, 9.17) is 23.7 Å². The first-order chi connectivity index (χ1) is 9.38. The second kappa shape index (κ2) is 5.98. The minimum Gasteiger partial charge on any atom is -0.361 e. The summed E-state index contributed by atoms with van der Waals surface area (Å²) in [6.07, 6.45) is -0.293. The SMILES string of the molecule is COCO[C@@H]1CO[C@H](OCc2ccccc2)[C@@H]2O[C@@H]21. The van der Waals surface area contributed by atoms with Gasteiger partial charge in [0.15, 0.2) is 6.29 Å². The summed E-state index contributed by atoms with van der Waals surface area (Å²) < 4.78 is 27.3. The number of epoxide rings is 1. The van der Waals surface area contributed by atoms with Gasteiger partial charge in [0.2, 0.25) is 0 Å². The van der Waals surface area contributed by atoms with E-state index in [0.29, 0.717) is 13.2 Å². The molecular formula is C14H18O5. The lowest BCUT2D eigenvalue weighted by Crippen LogP contribution is -2.40. The second-order valence-electron chi connectivity index (χ2n) is 4.68. The fourth-order valence-corrected chi connectivity index (χ4v) is 2.23. The van der Waals surface area contributed by atoms with E-state index in [1.165, 1.54) is 0 Å². The van der Waals surface area contributed by atoms with Crippen LogP contribution in [0, 0.1) is 0 Å². The van der Waals surface area contributed by atoms with E-state index in [2.05, 4.69) is 0 Å². The third-order valence-corrected chi connectivity index (χ3v) is 3.28. The smallest absolute Gasteiger partial charge is 0.186 e. The standard InChI is InChI=1S/C14H18O5/c1-15-9-18-11-8-17-14(13-12(11)19-13)16-7-10-5-3-2-4-6-10/h2-6,11-14H,7-9H2,1H3/t11-,12-,13-,14+/m1/s1. The van der Waals surface area contributed by atoms with Crippen molar-refractivity contribution in [3.63, 3.8) is 0 Å². The summed E-state index contributed by atoms with van der Waals surface area (Å²) in [4.78, 5) is 0. The van der Waals surface area contributed by atoms with E-state index in [1.54, 1.807) is 7.11 Å². The number of benzene rings is 1. The van der Waals surface area contributed by atoms with Crippen molar-refractivity contribution in [1.29, 1.82) is 0 Å². The van der Waals surface area contributed by atoms with Crippen LogP contribution in [-0.4, -0.2) is 45.1 Å². The fourth-order valence-electron chi connectivity index (χ4n) is 2.23. The summed E-state index contributed by atoms with van der Waals surface area (Å²) in [6, 6.07) is 10.0. The van der Waals surface area contributed by atoms with E-state index in [1.807, 2.05) is 30.3 Å². The first-order valence-electron chi connectivity index (χ1n) is 6.41. The highest BCUT2D eigenvalue weighted by atomic mass is 16.8. The third kappa shape index (κ3) is 3.13. The highest BCUT2D eigenvalue weighted by Crippen LogP contribution is 2.36. The highest BCUT2D eigenvalue weighted by Gasteiger charge is 2.55. The molecule has 0 bridgehead atoms. The van der Waals surface area contributed by atoms with Gasteiger partial charge in [-0.25, -0.2) is 0 Å². The molecular weight excluding hydrogens is 248 g/mol. The van der Waals surface area contributed by atoms with Crippen molar-refractivity contribution < 1.29 is 23.7 Å². The maximum absolute atomic E-state index is 5.74. The van der Waals surface area contributed by atoms with Crippen LogP contribution in [-0.2, 0) is 30.3 Å². The molecule has 0 spiro atoms. The van der Waals surface area contributed by atoms with Gasteiger partial charge in [-0.15, -0.1) is 0 Å². The Labute approximate surface area is 112 Å². The van der Waals surface area contributed by atoms with E-state index in [-0.39, 0.29) is 31.4 Å². The molecule has 2 aliphatic rings. The van der Waals surface area contributed by atoms with Gasteiger partial charge in [-0.1, -0.05) is 30.3 Å². The van der Waals surface area contributed by atoms with E-state index in [9.17, 15) is 0 Å². The van der Waals surface area contributed by atoms with Crippen LogP contribution < -0.4 is 0 Å². The van der Waals surface area contributed by atoms with Crippen molar-refractivity contribution in [2.75, 3.05) is 20.5 Å². The Hall–Kier alpha value is -0.980. The zero-order chi connectivity index (χ0) is 13.1. The number of ether oxygens (including phenoxy) is 5. The van der Waals surface area contributed by atoms with Gasteiger partial charge >= 0.3 is 0 Å². The van der Waals surface area contributed by atoms with Crippen molar-refractivity contribution in [1.82, 2.24) is 0 Å². The monoisotopic (exact) mass is 266 g/mol. The first-order valence-corrected chi connectivity index (χ1v) is 6.41. The Kier molecular flexibility index (Phi) is 4.10. The van der Waals surface area contributed by atoms with Crippen molar-refractivity contribution >= 4 is 0 Å². The molecule has 0 unspecified atom stereocenters. The summed E-state index contributed by atoms with van der Waals surface area (Å²) in [5.74, 6) is 0. The topological polar surface area (TPSA) is 49.5 Å². The fraction of sp³-hybridized carbons (Fsp3) is 0.571. The van der Waals surface area contributed by atoms with Crippen molar-refractivity contribution in [2.45, 2.75) is 31.2 Å². The molecule has 0 amide bonds. The Balaban J connectivity index is 1.45. The van der Waals surface area contributed by atoms with Gasteiger partial charge in [0, 0.05) is 7.11 Å². The predicted octanol–water partition coefficient (Wildman–Crippen LogP) is 1.32. The molecule has 2 heterocycles.